The summed E-state index contributed by atoms with van der Waals surface area (Å²) in [4.78, 5) is 22.6. The van der Waals surface area contributed by atoms with Gasteiger partial charge in [-0.15, -0.1) is 0 Å². The second-order valence-electron chi connectivity index (χ2n) is 7.81. The van der Waals surface area contributed by atoms with Gasteiger partial charge in [0.05, 0.1) is 12.6 Å². The van der Waals surface area contributed by atoms with Crippen molar-refractivity contribution < 1.29 is 14.1 Å². The Kier molecular flexibility index (Phi) is 7.08. The van der Waals surface area contributed by atoms with E-state index in [-0.39, 0.29) is 11.9 Å². The van der Waals surface area contributed by atoms with E-state index in [1.165, 1.54) is 12.5 Å². The molecule has 1 aromatic carbocycles. The number of benzene rings is 1. The van der Waals surface area contributed by atoms with Crippen LogP contribution in [0.15, 0.2) is 47.1 Å². The quantitative estimate of drug-likeness (QED) is 0.491. The van der Waals surface area contributed by atoms with Crippen LogP contribution in [-0.4, -0.2) is 52.7 Å². The Bertz CT molecular complexity index is 1020. The average molecular weight is 437 g/mol. The van der Waals surface area contributed by atoms with E-state index in [9.17, 15) is 4.79 Å². The smallest absolute Gasteiger partial charge is 0.244 e. The molecule has 4 rings (SSSR count). The van der Waals surface area contributed by atoms with Gasteiger partial charge in [-0.3, -0.25) is 9.69 Å². The molecule has 1 aliphatic rings. The molecule has 1 atom stereocenters. The van der Waals surface area contributed by atoms with Crippen molar-refractivity contribution in [1.29, 1.82) is 0 Å². The van der Waals surface area contributed by atoms with Gasteiger partial charge in [0.15, 0.2) is 0 Å². The van der Waals surface area contributed by atoms with Crippen molar-refractivity contribution in [3.63, 3.8) is 0 Å². The summed E-state index contributed by atoms with van der Waals surface area (Å²) in [6.45, 7) is 4.58. The number of hydrogen-bond donors (Lipinski definition) is 2. The molecular weight excluding hydrogens is 408 g/mol. The van der Waals surface area contributed by atoms with E-state index in [0.29, 0.717) is 24.9 Å². The second-order valence-corrected chi connectivity index (χ2v) is 7.81. The van der Waals surface area contributed by atoms with Gasteiger partial charge in [0, 0.05) is 44.6 Å². The van der Waals surface area contributed by atoms with E-state index < -0.39 is 0 Å². The third-order valence-electron chi connectivity index (χ3n) is 5.38. The lowest BCUT2D eigenvalue weighted by atomic mass is 10.1. The van der Waals surface area contributed by atoms with Crippen LogP contribution in [0.3, 0.4) is 0 Å². The molecular formula is C23H28N6O3. The van der Waals surface area contributed by atoms with Crippen LogP contribution in [0.25, 0.3) is 11.4 Å². The lowest BCUT2D eigenvalue weighted by Gasteiger charge is -2.21. The maximum atomic E-state index is 11.2. The van der Waals surface area contributed by atoms with E-state index in [4.69, 9.17) is 9.26 Å². The number of likely N-dealkylation sites (tertiary alicyclic amines) is 1. The molecule has 0 bridgehead atoms. The molecule has 1 aliphatic heterocycles. The van der Waals surface area contributed by atoms with Crippen LogP contribution in [0.1, 0.15) is 37.3 Å². The Labute approximate surface area is 187 Å². The number of nitrogens with zero attached hydrogens (tertiary/aromatic N) is 4. The zero-order valence-corrected chi connectivity index (χ0v) is 18.4. The van der Waals surface area contributed by atoms with Gasteiger partial charge in [-0.1, -0.05) is 17.3 Å². The van der Waals surface area contributed by atoms with Gasteiger partial charge in [0.2, 0.25) is 17.6 Å². The number of carbonyl (C=O) groups excluding carboxylic acids is 1. The van der Waals surface area contributed by atoms with Crippen LogP contribution in [0.4, 0.5) is 11.5 Å². The van der Waals surface area contributed by atoms with Crippen molar-refractivity contribution >= 4 is 17.4 Å². The Balaban J connectivity index is 1.40. The first kappa shape index (κ1) is 21.9. The zero-order valence-electron chi connectivity index (χ0n) is 18.4. The molecule has 9 nitrogen and oxygen atoms in total. The number of aromatic nitrogens is 3. The van der Waals surface area contributed by atoms with Crippen LogP contribution in [0.2, 0.25) is 0 Å². The molecule has 2 N–H and O–H groups in total. The number of ether oxygens (including phenoxy) is 1. The first-order valence-corrected chi connectivity index (χ1v) is 10.8. The number of methoxy groups -OCH3 is 1. The minimum absolute atomic E-state index is 0.0725. The lowest BCUT2D eigenvalue weighted by Crippen LogP contribution is -2.23. The molecule has 2 aromatic heterocycles. The van der Waals surface area contributed by atoms with E-state index in [1.807, 2.05) is 36.4 Å². The number of pyridine rings is 1. The summed E-state index contributed by atoms with van der Waals surface area (Å²) in [6, 6.07) is 11.8. The molecule has 3 aromatic rings. The number of anilines is 2. The van der Waals surface area contributed by atoms with Crippen LogP contribution in [-0.2, 0) is 16.1 Å². The van der Waals surface area contributed by atoms with E-state index in [0.717, 1.165) is 43.0 Å². The van der Waals surface area contributed by atoms with Gasteiger partial charge in [0.25, 0.3) is 0 Å². The summed E-state index contributed by atoms with van der Waals surface area (Å²) in [6.07, 6.45) is 3.80. The lowest BCUT2D eigenvalue weighted by molar-refractivity contribution is -0.114. The highest BCUT2D eigenvalue weighted by atomic mass is 16.5. The SMILES string of the molecule is COCCNc1ccc(-c2noc(C3CCCN3Cc3ccc(NC(C)=O)cc3)n2)cn1. The predicted octanol–water partition coefficient (Wildman–Crippen LogP) is 3.49. The Hall–Kier alpha value is -3.30. The molecule has 3 heterocycles. The third-order valence-corrected chi connectivity index (χ3v) is 5.38. The zero-order chi connectivity index (χ0) is 22.3. The van der Waals surface area contributed by atoms with Crippen molar-refractivity contribution in [2.24, 2.45) is 0 Å². The topological polar surface area (TPSA) is 105 Å². The predicted molar refractivity (Wildman–Crippen MR) is 121 cm³/mol. The van der Waals surface area contributed by atoms with Gasteiger partial charge in [-0.2, -0.15) is 4.98 Å². The molecule has 0 radical (unpaired) electrons. The van der Waals surface area contributed by atoms with Gasteiger partial charge in [0.1, 0.15) is 5.82 Å². The fourth-order valence-electron chi connectivity index (χ4n) is 3.83. The van der Waals surface area contributed by atoms with Crippen molar-refractivity contribution in [2.45, 2.75) is 32.4 Å². The summed E-state index contributed by atoms with van der Waals surface area (Å²) in [5.41, 5.74) is 2.79. The summed E-state index contributed by atoms with van der Waals surface area (Å²) < 4.78 is 10.7. The molecule has 32 heavy (non-hydrogen) atoms. The highest BCUT2D eigenvalue weighted by molar-refractivity contribution is 5.88. The van der Waals surface area contributed by atoms with Crippen molar-refractivity contribution in [1.82, 2.24) is 20.0 Å². The minimum Gasteiger partial charge on any atom is -0.383 e. The van der Waals surface area contributed by atoms with Gasteiger partial charge < -0.3 is 19.9 Å². The summed E-state index contributed by atoms with van der Waals surface area (Å²) in [7, 11) is 1.67. The standard InChI is InChI=1S/C23H28N6O3/c1-16(30)26-19-8-5-17(6-9-19)15-29-12-3-4-20(29)23-27-22(28-32-23)18-7-10-21(25-14-18)24-11-13-31-2/h5-10,14,20H,3-4,11-13,15H2,1-2H3,(H,24,25)(H,26,30). The summed E-state index contributed by atoms with van der Waals surface area (Å²) in [5.74, 6) is 1.88. The van der Waals surface area contributed by atoms with E-state index >= 15 is 0 Å². The van der Waals surface area contributed by atoms with Crippen molar-refractivity contribution in [3.05, 3.63) is 54.0 Å². The minimum atomic E-state index is -0.0725. The fourth-order valence-corrected chi connectivity index (χ4v) is 3.83. The normalized spacial score (nSPS) is 16.2. The monoisotopic (exact) mass is 436 g/mol. The number of amides is 1. The van der Waals surface area contributed by atoms with Gasteiger partial charge in [-0.05, 0) is 49.2 Å². The molecule has 0 spiro atoms. The number of rotatable bonds is 9. The maximum Gasteiger partial charge on any atom is 0.244 e. The second kappa shape index (κ2) is 10.3. The van der Waals surface area contributed by atoms with Crippen molar-refractivity contribution in [3.8, 4) is 11.4 Å². The number of carbonyl (C=O) groups is 1. The fraction of sp³-hybridized carbons (Fsp3) is 0.391. The maximum absolute atomic E-state index is 11.2. The van der Waals surface area contributed by atoms with Crippen LogP contribution in [0, 0.1) is 0 Å². The first-order valence-electron chi connectivity index (χ1n) is 10.8. The van der Waals surface area contributed by atoms with Crippen LogP contribution >= 0.6 is 0 Å². The highest BCUT2D eigenvalue weighted by Crippen LogP contribution is 2.33. The molecule has 0 saturated carbocycles. The summed E-state index contributed by atoms with van der Waals surface area (Å²) >= 11 is 0. The van der Waals surface area contributed by atoms with Crippen molar-refractivity contribution in [2.75, 3.05) is 37.4 Å². The van der Waals surface area contributed by atoms with Crippen LogP contribution < -0.4 is 10.6 Å². The highest BCUT2D eigenvalue weighted by Gasteiger charge is 2.30. The van der Waals surface area contributed by atoms with E-state index in [1.54, 1.807) is 13.3 Å². The van der Waals surface area contributed by atoms with E-state index in [2.05, 4.69) is 30.7 Å². The number of hydrogen-bond acceptors (Lipinski definition) is 8. The number of nitrogens with one attached hydrogen (secondary N) is 2. The molecule has 1 fully saturated rings. The van der Waals surface area contributed by atoms with Gasteiger partial charge >= 0.3 is 0 Å². The Morgan fingerprint density at radius 3 is 2.81 bits per heavy atom. The molecule has 1 saturated heterocycles. The average Bonchev–Trinajstić information content (AvgIpc) is 3.45. The van der Waals surface area contributed by atoms with Gasteiger partial charge in [-0.25, -0.2) is 4.98 Å². The molecule has 168 valence electrons. The third kappa shape index (κ3) is 5.49. The Morgan fingerprint density at radius 2 is 2.09 bits per heavy atom. The summed E-state index contributed by atoms with van der Waals surface area (Å²) in [5, 5.41) is 10.2. The molecule has 0 aliphatic carbocycles. The molecule has 9 heteroatoms. The first-order chi connectivity index (χ1) is 15.6. The molecule has 1 amide bonds. The molecule has 1 unspecified atom stereocenters. The Morgan fingerprint density at radius 1 is 1.25 bits per heavy atom. The largest absolute Gasteiger partial charge is 0.383 e. The van der Waals surface area contributed by atoms with Crippen LogP contribution in [0.5, 0.6) is 0 Å².